The molecule has 31 heavy (non-hydrogen) atoms. The second kappa shape index (κ2) is 9.47. The van der Waals surface area contributed by atoms with Gasteiger partial charge in [-0.05, 0) is 41.8 Å². The summed E-state index contributed by atoms with van der Waals surface area (Å²) in [5.41, 5.74) is 3.51. The Morgan fingerprint density at radius 1 is 0.903 bits per heavy atom. The summed E-state index contributed by atoms with van der Waals surface area (Å²) < 4.78 is 16.4. The Morgan fingerprint density at radius 3 is 2.23 bits per heavy atom. The van der Waals surface area contributed by atoms with Gasteiger partial charge in [0.1, 0.15) is 5.75 Å². The van der Waals surface area contributed by atoms with Crippen LogP contribution < -0.4 is 24.0 Å². The zero-order valence-corrected chi connectivity index (χ0v) is 18.6. The number of amides is 1. The van der Waals surface area contributed by atoms with Crippen LogP contribution in [0.1, 0.15) is 11.1 Å². The summed E-state index contributed by atoms with van der Waals surface area (Å²) in [6, 6.07) is 12.2. The van der Waals surface area contributed by atoms with Crippen molar-refractivity contribution in [2.75, 3.05) is 65.5 Å². The molecule has 7 heteroatoms. The number of hydrogen-bond acceptors (Lipinski definition) is 5. The molecule has 0 unspecified atom stereocenters. The number of para-hydroxylation sites is 2. The van der Waals surface area contributed by atoms with Crippen LogP contribution in [0.15, 0.2) is 36.4 Å². The average molecular weight is 427 g/mol. The number of piperazine rings is 1. The molecule has 0 atom stereocenters. The minimum Gasteiger partial charge on any atom is -0.495 e. The third kappa shape index (κ3) is 4.56. The zero-order chi connectivity index (χ0) is 21.8. The van der Waals surface area contributed by atoms with Crippen molar-refractivity contribution in [3.05, 3.63) is 47.5 Å². The molecule has 2 aliphatic rings. The maximum absolute atomic E-state index is 13.0. The summed E-state index contributed by atoms with van der Waals surface area (Å²) >= 11 is 0. The first-order valence-electron chi connectivity index (χ1n) is 10.9. The first kappa shape index (κ1) is 21.3. The van der Waals surface area contributed by atoms with Gasteiger partial charge >= 0.3 is 0 Å². The van der Waals surface area contributed by atoms with Crippen LogP contribution in [0.2, 0.25) is 0 Å². The number of benzene rings is 2. The molecule has 0 bridgehead atoms. The highest BCUT2D eigenvalue weighted by molar-refractivity contribution is 5.77. The van der Waals surface area contributed by atoms with E-state index < -0.39 is 0 Å². The van der Waals surface area contributed by atoms with E-state index >= 15 is 0 Å². The van der Waals surface area contributed by atoms with Crippen molar-refractivity contribution in [2.45, 2.75) is 13.0 Å². The van der Waals surface area contributed by atoms with Gasteiger partial charge in [0.25, 0.3) is 5.91 Å². The molecule has 1 saturated heterocycles. The van der Waals surface area contributed by atoms with Gasteiger partial charge in [0.15, 0.2) is 18.0 Å². The van der Waals surface area contributed by atoms with Crippen molar-refractivity contribution in [3.8, 4) is 17.2 Å². The van der Waals surface area contributed by atoms with E-state index in [0.717, 1.165) is 61.9 Å². The smallest absolute Gasteiger partial charge is 0.278 e. The molecular formula is C24H32N3O4+. The lowest BCUT2D eigenvalue weighted by molar-refractivity contribution is -0.892. The summed E-state index contributed by atoms with van der Waals surface area (Å²) in [6.07, 6.45) is 0.846. The monoisotopic (exact) mass is 426 g/mol. The number of hydrogen-bond donors (Lipinski definition) is 1. The second-order valence-corrected chi connectivity index (χ2v) is 8.13. The van der Waals surface area contributed by atoms with Crippen LogP contribution in [0.25, 0.3) is 0 Å². The number of methoxy groups -OCH3 is 3. The minimum atomic E-state index is 0.223. The fraction of sp³-hybridized carbons (Fsp3) is 0.458. The highest BCUT2D eigenvalue weighted by atomic mass is 16.5. The Hall–Kier alpha value is -2.93. The van der Waals surface area contributed by atoms with Gasteiger partial charge in [-0.15, -0.1) is 0 Å². The number of nitrogens with zero attached hydrogens (tertiary/aromatic N) is 2. The summed E-state index contributed by atoms with van der Waals surface area (Å²) in [5.74, 6) is 2.59. The van der Waals surface area contributed by atoms with Gasteiger partial charge in [-0.25, -0.2) is 0 Å². The van der Waals surface area contributed by atoms with Crippen LogP contribution in [0.3, 0.4) is 0 Å². The maximum atomic E-state index is 13.0. The normalized spacial score (nSPS) is 16.6. The molecule has 0 spiro atoms. The van der Waals surface area contributed by atoms with Gasteiger partial charge in [-0.2, -0.15) is 0 Å². The van der Waals surface area contributed by atoms with Crippen LogP contribution in [-0.4, -0.2) is 71.4 Å². The van der Waals surface area contributed by atoms with E-state index in [2.05, 4.69) is 11.0 Å². The lowest BCUT2D eigenvalue weighted by Crippen LogP contribution is -3.15. The molecule has 166 valence electrons. The van der Waals surface area contributed by atoms with Crippen molar-refractivity contribution in [1.29, 1.82) is 0 Å². The van der Waals surface area contributed by atoms with E-state index in [4.69, 9.17) is 14.2 Å². The summed E-state index contributed by atoms with van der Waals surface area (Å²) in [6.45, 7) is 5.66. The first-order chi connectivity index (χ1) is 15.1. The Kier molecular flexibility index (Phi) is 6.51. The Bertz CT molecular complexity index is 925. The lowest BCUT2D eigenvalue weighted by atomic mass is 9.98. The molecule has 2 aromatic rings. The topological polar surface area (TPSA) is 55.7 Å². The van der Waals surface area contributed by atoms with Crippen molar-refractivity contribution in [2.24, 2.45) is 0 Å². The molecule has 7 nitrogen and oxygen atoms in total. The molecule has 1 fully saturated rings. The van der Waals surface area contributed by atoms with Crippen LogP contribution in [-0.2, 0) is 17.8 Å². The largest absolute Gasteiger partial charge is 0.495 e. The second-order valence-electron chi connectivity index (χ2n) is 8.13. The number of rotatable bonds is 6. The van der Waals surface area contributed by atoms with Crippen molar-refractivity contribution in [1.82, 2.24) is 4.90 Å². The quantitative estimate of drug-likeness (QED) is 0.747. The van der Waals surface area contributed by atoms with Crippen molar-refractivity contribution < 1.29 is 23.9 Å². The molecule has 1 N–H and O–H groups in total. The Morgan fingerprint density at radius 2 is 1.55 bits per heavy atom. The van der Waals surface area contributed by atoms with Crippen molar-refractivity contribution >= 4 is 11.6 Å². The van der Waals surface area contributed by atoms with Gasteiger partial charge < -0.3 is 28.9 Å². The van der Waals surface area contributed by atoms with Crippen LogP contribution >= 0.6 is 0 Å². The van der Waals surface area contributed by atoms with Gasteiger partial charge in [-0.1, -0.05) is 12.1 Å². The Labute approximate surface area is 184 Å². The summed E-state index contributed by atoms with van der Waals surface area (Å²) in [7, 11) is 5.00. The predicted octanol–water partition coefficient (Wildman–Crippen LogP) is 1.00. The molecule has 4 rings (SSSR count). The number of ether oxygens (including phenoxy) is 3. The number of anilines is 1. The lowest BCUT2D eigenvalue weighted by Gasteiger charge is -2.35. The fourth-order valence-electron chi connectivity index (χ4n) is 4.55. The molecule has 1 amide bonds. The van der Waals surface area contributed by atoms with Crippen LogP contribution in [0.5, 0.6) is 17.2 Å². The zero-order valence-electron chi connectivity index (χ0n) is 18.6. The number of quaternary nitrogens is 1. The average Bonchev–Trinajstić information content (AvgIpc) is 2.83. The molecule has 0 saturated carbocycles. The number of carbonyl (C=O) groups excluding carboxylic acids is 1. The fourth-order valence-corrected chi connectivity index (χ4v) is 4.55. The summed E-state index contributed by atoms with van der Waals surface area (Å²) in [4.78, 5) is 18.7. The van der Waals surface area contributed by atoms with E-state index in [9.17, 15) is 4.79 Å². The SMILES string of the molecule is COc1cc2c(cc1OC)CN(C(=O)C[NH+]1CCN(c3ccccc3OC)CC1)CC2. The maximum Gasteiger partial charge on any atom is 0.278 e. The van der Waals surface area contributed by atoms with Crippen LogP contribution in [0, 0.1) is 0 Å². The van der Waals surface area contributed by atoms with Gasteiger partial charge in [0, 0.05) is 13.1 Å². The van der Waals surface area contributed by atoms with Crippen LogP contribution in [0.4, 0.5) is 5.69 Å². The van der Waals surface area contributed by atoms with E-state index in [0.29, 0.717) is 18.8 Å². The highest BCUT2D eigenvalue weighted by Crippen LogP contribution is 2.33. The Balaban J connectivity index is 1.34. The minimum absolute atomic E-state index is 0.223. The highest BCUT2D eigenvalue weighted by Gasteiger charge is 2.28. The molecule has 0 aromatic heterocycles. The van der Waals surface area contributed by atoms with E-state index in [-0.39, 0.29) is 5.91 Å². The molecule has 2 aromatic carbocycles. The predicted molar refractivity (Wildman–Crippen MR) is 119 cm³/mol. The standard InChI is InChI=1S/C24H31N3O4/c1-29-21-7-5-4-6-20(21)26-12-10-25(11-13-26)17-24(28)27-9-8-18-14-22(30-2)23(31-3)15-19(18)16-27/h4-7,14-15H,8-13,16-17H2,1-3H3/p+1. The molecule has 0 aliphatic carbocycles. The number of nitrogens with one attached hydrogen (secondary N) is 1. The molecule has 0 radical (unpaired) electrons. The molecule has 2 heterocycles. The number of carbonyl (C=O) groups is 1. The summed E-state index contributed by atoms with van der Waals surface area (Å²) in [5, 5.41) is 0. The van der Waals surface area contributed by atoms with Gasteiger partial charge in [-0.3, -0.25) is 4.79 Å². The van der Waals surface area contributed by atoms with E-state index in [1.807, 2.05) is 35.2 Å². The third-order valence-corrected chi connectivity index (χ3v) is 6.37. The van der Waals surface area contributed by atoms with Gasteiger partial charge in [0.05, 0.1) is 53.2 Å². The number of fused-ring (bicyclic) bond motifs is 1. The molecular weight excluding hydrogens is 394 g/mol. The molecule has 2 aliphatic heterocycles. The first-order valence-corrected chi connectivity index (χ1v) is 10.9. The van der Waals surface area contributed by atoms with Gasteiger partial charge in [0.2, 0.25) is 0 Å². The van der Waals surface area contributed by atoms with E-state index in [1.165, 1.54) is 10.5 Å². The van der Waals surface area contributed by atoms with Crippen molar-refractivity contribution in [3.63, 3.8) is 0 Å². The van der Waals surface area contributed by atoms with E-state index in [1.54, 1.807) is 21.3 Å². The third-order valence-electron chi connectivity index (χ3n) is 6.37.